The fourth-order valence-electron chi connectivity index (χ4n) is 3.64. The number of benzene rings is 2. The van der Waals surface area contributed by atoms with E-state index in [0.717, 1.165) is 16.3 Å². The fourth-order valence-corrected chi connectivity index (χ4v) is 3.64. The van der Waals surface area contributed by atoms with Gasteiger partial charge in [0.2, 0.25) is 5.91 Å². The number of fused-ring (bicyclic) bond motifs is 1. The molecule has 3 nitrogen and oxygen atoms in total. The zero-order valence-electron chi connectivity index (χ0n) is 13.6. The van der Waals surface area contributed by atoms with Crippen molar-refractivity contribution in [2.45, 2.75) is 44.9 Å². The van der Waals surface area contributed by atoms with Crippen molar-refractivity contribution >= 4 is 16.7 Å². The second-order valence-electron chi connectivity index (χ2n) is 6.59. The number of hydrogen-bond acceptors (Lipinski definition) is 2. The van der Waals surface area contributed by atoms with Crippen LogP contribution in [0.4, 0.5) is 0 Å². The lowest BCUT2D eigenvalue weighted by atomic mass is 9.87. The Kier molecular flexibility index (Phi) is 5.16. The molecule has 3 rings (SSSR count). The molecule has 3 heteroatoms. The van der Waals surface area contributed by atoms with Gasteiger partial charge in [-0.25, -0.2) is 0 Å². The molecule has 0 aliphatic heterocycles. The summed E-state index contributed by atoms with van der Waals surface area (Å²) in [5.74, 6) is 1.02. The van der Waals surface area contributed by atoms with Crippen LogP contribution in [-0.2, 0) is 11.2 Å². The maximum absolute atomic E-state index is 12.1. The zero-order valence-corrected chi connectivity index (χ0v) is 13.6. The SMILES string of the molecule is O=C(CC1CCCCC1)NCCc1c(O)ccc2ccccc12. The van der Waals surface area contributed by atoms with Crippen LogP contribution in [0.1, 0.15) is 44.1 Å². The van der Waals surface area contributed by atoms with Gasteiger partial charge in [0.1, 0.15) is 5.75 Å². The molecule has 2 aromatic carbocycles. The number of amides is 1. The Balaban J connectivity index is 1.56. The molecule has 0 unspecified atom stereocenters. The smallest absolute Gasteiger partial charge is 0.220 e. The first kappa shape index (κ1) is 15.9. The number of phenols is 1. The van der Waals surface area contributed by atoms with Gasteiger partial charge in [0.15, 0.2) is 0 Å². The van der Waals surface area contributed by atoms with Crippen LogP contribution in [0.5, 0.6) is 5.75 Å². The van der Waals surface area contributed by atoms with Gasteiger partial charge in [-0.15, -0.1) is 0 Å². The van der Waals surface area contributed by atoms with Crippen molar-refractivity contribution in [3.63, 3.8) is 0 Å². The van der Waals surface area contributed by atoms with Crippen molar-refractivity contribution in [1.82, 2.24) is 5.32 Å². The fraction of sp³-hybridized carbons (Fsp3) is 0.450. The van der Waals surface area contributed by atoms with Gasteiger partial charge in [0, 0.05) is 18.5 Å². The molecule has 2 aromatic rings. The van der Waals surface area contributed by atoms with E-state index in [9.17, 15) is 9.90 Å². The normalized spacial score (nSPS) is 15.7. The van der Waals surface area contributed by atoms with Gasteiger partial charge in [-0.3, -0.25) is 4.79 Å². The monoisotopic (exact) mass is 311 g/mol. The number of phenolic OH excluding ortho intramolecular Hbond substituents is 1. The molecule has 1 amide bonds. The van der Waals surface area contributed by atoms with Crippen molar-refractivity contribution in [3.05, 3.63) is 42.0 Å². The zero-order chi connectivity index (χ0) is 16.1. The molecule has 1 aliphatic carbocycles. The first-order valence-electron chi connectivity index (χ1n) is 8.70. The minimum absolute atomic E-state index is 0.150. The molecule has 0 bridgehead atoms. The summed E-state index contributed by atoms with van der Waals surface area (Å²) in [7, 11) is 0. The summed E-state index contributed by atoms with van der Waals surface area (Å²) in [4.78, 5) is 12.1. The molecule has 1 saturated carbocycles. The molecule has 0 heterocycles. The quantitative estimate of drug-likeness (QED) is 0.870. The van der Waals surface area contributed by atoms with Gasteiger partial charge >= 0.3 is 0 Å². The molecule has 1 aliphatic rings. The highest BCUT2D eigenvalue weighted by molar-refractivity contribution is 5.87. The largest absolute Gasteiger partial charge is 0.508 e. The van der Waals surface area contributed by atoms with Crippen LogP contribution in [0.15, 0.2) is 36.4 Å². The van der Waals surface area contributed by atoms with Crippen LogP contribution in [-0.4, -0.2) is 17.6 Å². The van der Waals surface area contributed by atoms with E-state index in [1.807, 2.05) is 30.3 Å². The second-order valence-corrected chi connectivity index (χ2v) is 6.59. The molecule has 0 saturated heterocycles. The molecule has 0 radical (unpaired) electrons. The Morgan fingerprint density at radius 1 is 1.09 bits per heavy atom. The van der Waals surface area contributed by atoms with E-state index < -0.39 is 0 Å². The van der Waals surface area contributed by atoms with Gasteiger partial charge in [0.25, 0.3) is 0 Å². The van der Waals surface area contributed by atoms with Crippen molar-refractivity contribution in [2.75, 3.05) is 6.54 Å². The van der Waals surface area contributed by atoms with Gasteiger partial charge in [-0.05, 0) is 42.0 Å². The van der Waals surface area contributed by atoms with Crippen LogP contribution in [0.25, 0.3) is 10.8 Å². The van der Waals surface area contributed by atoms with E-state index in [2.05, 4.69) is 5.32 Å². The minimum atomic E-state index is 0.150. The van der Waals surface area contributed by atoms with Gasteiger partial charge in [0.05, 0.1) is 0 Å². The molecule has 122 valence electrons. The maximum atomic E-state index is 12.1. The number of nitrogens with one attached hydrogen (secondary N) is 1. The highest BCUT2D eigenvalue weighted by Crippen LogP contribution is 2.28. The van der Waals surface area contributed by atoms with Gasteiger partial charge in [-0.1, -0.05) is 49.6 Å². The van der Waals surface area contributed by atoms with Gasteiger partial charge < -0.3 is 10.4 Å². The van der Waals surface area contributed by atoms with E-state index >= 15 is 0 Å². The summed E-state index contributed by atoms with van der Waals surface area (Å²) >= 11 is 0. The van der Waals surface area contributed by atoms with Gasteiger partial charge in [-0.2, -0.15) is 0 Å². The number of carbonyl (C=O) groups excluding carboxylic acids is 1. The maximum Gasteiger partial charge on any atom is 0.220 e. The molecular weight excluding hydrogens is 286 g/mol. The van der Waals surface area contributed by atoms with E-state index in [4.69, 9.17) is 0 Å². The van der Waals surface area contributed by atoms with Crippen LogP contribution in [0, 0.1) is 5.92 Å². The minimum Gasteiger partial charge on any atom is -0.508 e. The number of rotatable bonds is 5. The summed E-state index contributed by atoms with van der Waals surface area (Å²) in [6.07, 6.45) is 7.54. The van der Waals surface area contributed by atoms with Crippen LogP contribution in [0.3, 0.4) is 0 Å². The average Bonchev–Trinajstić information content (AvgIpc) is 2.58. The van der Waals surface area contributed by atoms with Crippen LogP contribution < -0.4 is 5.32 Å². The van der Waals surface area contributed by atoms with Crippen molar-refractivity contribution in [1.29, 1.82) is 0 Å². The van der Waals surface area contributed by atoms with E-state index in [1.54, 1.807) is 6.07 Å². The van der Waals surface area contributed by atoms with Crippen molar-refractivity contribution in [2.24, 2.45) is 5.92 Å². The van der Waals surface area contributed by atoms with E-state index in [0.29, 0.717) is 31.1 Å². The molecule has 0 atom stereocenters. The highest BCUT2D eigenvalue weighted by atomic mass is 16.3. The highest BCUT2D eigenvalue weighted by Gasteiger charge is 2.16. The lowest BCUT2D eigenvalue weighted by Gasteiger charge is -2.20. The Morgan fingerprint density at radius 3 is 2.70 bits per heavy atom. The first-order valence-corrected chi connectivity index (χ1v) is 8.70. The Labute approximate surface area is 137 Å². The van der Waals surface area contributed by atoms with Crippen LogP contribution in [0.2, 0.25) is 0 Å². The molecule has 0 spiro atoms. The number of hydrogen-bond donors (Lipinski definition) is 2. The molecular formula is C20H25NO2. The standard InChI is InChI=1S/C20H25NO2/c22-19-11-10-16-8-4-5-9-17(16)18(19)12-13-21-20(23)14-15-6-2-1-3-7-15/h4-5,8-11,15,22H,1-3,6-7,12-14H2,(H,21,23). The van der Waals surface area contributed by atoms with Crippen LogP contribution >= 0.6 is 0 Å². The Bertz CT molecular complexity index is 674. The van der Waals surface area contributed by atoms with E-state index in [1.165, 1.54) is 32.1 Å². The predicted molar refractivity (Wildman–Crippen MR) is 93.5 cm³/mol. The summed E-state index contributed by atoms with van der Waals surface area (Å²) in [6, 6.07) is 11.7. The third-order valence-electron chi connectivity index (χ3n) is 4.91. The number of carbonyl (C=O) groups is 1. The number of aromatic hydroxyl groups is 1. The Morgan fingerprint density at radius 2 is 1.87 bits per heavy atom. The summed E-state index contributed by atoms with van der Waals surface area (Å²) < 4.78 is 0. The summed E-state index contributed by atoms with van der Waals surface area (Å²) in [6.45, 7) is 0.577. The topological polar surface area (TPSA) is 49.3 Å². The van der Waals surface area contributed by atoms with Crippen molar-refractivity contribution < 1.29 is 9.90 Å². The predicted octanol–water partition coefficient (Wildman–Crippen LogP) is 4.17. The Hall–Kier alpha value is -2.03. The summed E-state index contributed by atoms with van der Waals surface area (Å²) in [5.41, 5.74) is 0.918. The molecule has 23 heavy (non-hydrogen) atoms. The third kappa shape index (κ3) is 4.04. The lowest BCUT2D eigenvalue weighted by Crippen LogP contribution is -2.28. The molecule has 2 N–H and O–H groups in total. The second kappa shape index (κ2) is 7.49. The summed E-state index contributed by atoms with van der Waals surface area (Å²) in [5, 5.41) is 15.3. The molecule has 1 fully saturated rings. The average molecular weight is 311 g/mol. The molecule has 0 aromatic heterocycles. The van der Waals surface area contributed by atoms with Crippen molar-refractivity contribution in [3.8, 4) is 5.75 Å². The first-order chi connectivity index (χ1) is 11.2. The van der Waals surface area contributed by atoms with E-state index in [-0.39, 0.29) is 5.91 Å². The lowest BCUT2D eigenvalue weighted by molar-refractivity contribution is -0.122. The third-order valence-corrected chi connectivity index (χ3v) is 4.91.